The van der Waals surface area contributed by atoms with Crippen LogP contribution in [0.3, 0.4) is 0 Å². The number of ketones is 1. The third-order valence-corrected chi connectivity index (χ3v) is 1.61. The minimum atomic E-state index is -2.45. The smallest absolute Gasteiger partial charge is 0.157 e. The van der Waals surface area contributed by atoms with E-state index in [1.165, 1.54) is 6.07 Å². The van der Waals surface area contributed by atoms with E-state index in [-0.39, 0.29) is 5.56 Å². The van der Waals surface area contributed by atoms with Crippen molar-refractivity contribution >= 4 is 5.78 Å². The molecular formula is C10H12O4. The fourth-order valence-corrected chi connectivity index (χ4v) is 0.959. The lowest BCUT2D eigenvalue weighted by atomic mass is 10.0. The molecule has 2 atom stereocenters. The van der Waals surface area contributed by atoms with Crippen molar-refractivity contribution in [3.8, 4) is 11.5 Å². The lowest BCUT2D eigenvalue weighted by molar-refractivity contribution is -0.118. The predicted molar refractivity (Wildman–Crippen MR) is 50.0 cm³/mol. The molecular weight excluding hydrogens is 184 g/mol. The average Bonchev–Trinajstić information content (AvgIpc) is 2.20. The number of carbonyl (C=O) groups is 1. The molecule has 4 nitrogen and oxygen atoms in total. The van der Waals surface area contributed by atoms with Crippen LogP contribution in [0.2, 0.25) is 0 Å². The molecule has 0 heterocycles. The molecule has 0 aliphatic rings. The average molecular weight is 198 g/mol. The summed E-state index contributed by atoms with van der Waals surface area (Å²) in [7, 11) is 0. The maximum atomic E-state index is 10.9. The first-order valence-electron chi connectivity index (χ1n) is 5.02. The third-order valence-electron chi connectivity index (χ3n) is 1.61. The van der Waals surface area contributed by atoms with Gasteiger partial charge >= 0.3 is 0 Å². The monoisotopic (exact) mass is 198 g/mol. The van der Waals surface area contributed by atoms with Crippen molar-refractivity contribution < 1.29 is 22.9 Å². The van der Waals surface area contributed by atoms with Crippen LogP contribution >= 0.6 is 0 Å². The van der Waals surface area contributed by atoms with Crippen molar-refractivity contribution in [1.82, 2.24) is 0 Å². The minimum Gasteiger partial charge on any atom is -0.504 e. The van der Waals surface area contributed by atoms with Crippen LogP contribution in [-0.4, -0.2) is 21.1 Å². The van der Waals surface area contributed by atoms with Crippen molar-refractivity contribution in [2.75, 3.05) is 0 Å². The van der Waals surface area contributed by atoms with Crippen molar-refractivity contribution in [3.05, 3.63) is 23.8 Å². The summed E-state index contributed by atoms with van der Waals surface area (Å²) in [6, 6.07) is 3.20. The Hall–Kier alpha value is -1.55. The molecule has 14 heavy (non-hydrogen) atoms. The summed E-state index contributed by atoms with van der Waals surface area (Å²) in [5.41, 5.74) is -0.127. The van der Waals surface area contributed by atoms with Gasteiger partial charge in [0.05, 0.1) is 7.45 Å². The van der Waals surface area contributed by atoms with Crippen LogP contribution < -0.4 is 0 Å². The van der Waals surface area contributed by atoms with Crippen molar-refractivity contribution in [2.24, 2.45) is 0 Å². The molecule has 4 heteroatoms. The summed E-state index contributed by atoms with van der Waals surface area (Å²) < 4.78 is 14.9. The quantitative estimate of drug-likeness (QED) is 0.636. The van der Waals surface area contributed by atoms with E-state index in [1.807, 2.05) is 0 Å². The second-order valence-corrected chi connectivity index (χ2v) is 2.84. The Labute approximate surface area is 84.2 Å². The zero-order valence-corrected chi connectivity index (χ0v) is 7.56. The summed E-state index contributed by atoms with van der Waals surface area (Å²) in [4.78, 5) is 10.9. The molecule has 0 fully saturated rings. The van der Waals surface area contributed by atoms with Gasteiger partial charge in [-0.1, -0.05) is 6.07 Å². The number of benzene rings is 1. The van der Waals surface area contributed by atoms with E-state index < -0.39 is 29.8 Å². The first-order valence-corrected chi connectivity index (χ1v) is 3.94. The van der Waals surface area contributed by atoms with Gasteiger partial charge in [0, 0.05) is 7.77 Å². The van der Waals surface area contributed by atoms with Crippen LogP contribution in [-0.2, 0) is 4.79 Å². The molecule has 3 N–H and O–H groups in total. The molecule has 1 aromatic rings. The molecule has 0 bridgehead atoms. The van der Waals surface area contributed by atoms with Gasteiger partial charge in [0.15, 0.2) is 11.5 Å². The largest absolute Gasteiger partial charge is 0.504 e. The number of phenols is 2. The SMILES string of the molecule is [2H][C@@H](C(C)=O)[C@]([2H])(O)c1ccc(O)c(O)c1. The highest BCUT2D eigenvalue weighted by Crippen LogP contribution is 2.28. The highest BCUT2D eigenvalue weighted by atomic mass is 16.3. The van der Waals surface area contributed by atoms with E-state index >= 15 is 0 Å². The van der Waals surface area contributed by atoms with E-state index in [4.69, 9.17) is 7.85 Å². The van der Waals surface area contributed by atoms with Crippen LogP contribution in [0.15, 0.2) is 18.2 Å². The molecule has 0 saturated carbocycles. The van der Waals surface area contributed by atoms with Gasteiger partial charge in [0.2, 0.25) is 0 Å². The number of hydrogen-bond acceptors (Lipinski definition) is 4. The van der Waals surface area contributed by atoms with E-state index in [2.05, 4.69) is 0 Å². The van der Waals surface area contributed by atoms with E-state index in [9.17, 15) is 15.0 Å². The van der Waals surface area contributed by atoms with Crippen LogP contribution in [0.1, 0.15) is 27.7 Å². The minimum absolute atomic E-state index is 0.127. The summed E-state index contributed by atoms with van der Waals surface area (Å²) >= 11 is 0. The number of carbonyl (C=O) groups excluding carboxylic acids is 1. The molecule has 0 aliphatic carbocycles. The second kappa shape index (κ2) is 4.11. The third kappa shape index (κ3) is 2.47. The molecule has 1 rings (SSSR count). The maximum absolute atomic E-state index is 10.9. The zero-order chi connectivity index (χ0) is 12.5. The van der Waals surface area contributed by atoms with E-state index in [0.29, 0.717) is 0 Å². The molecule has 1 aromatic carbocycles. The van der Waals surface area contributed by atoms with Crippen molar-refractivity contribution in [2.45, 2.75) is 19.4 Å². The van der Waals surface area contributed by atoms with Gasteiger partial charge in [-0.25, -0.2) is 0 Å². The summed E-state index contributed by atoms with van der Waals surface area (Å²) in [5, 5.41) is 27.9. The highest BCUT2D eigenvalue weighted by molar-refractivity contribution is 5.76. The Kier molecular flexibility index (Phi) is 2.29. The van der Waals surface area contributed by atoms with Gasteiger partial charge in [-0.15, -0.1) is 0 Å². The Morgan fingerprint density at radius 1 is 1.57 bits per heavy atom. The molecule has 0 aliphatic heterocycles. The Bertz CT molecular complexity index is 417. The molecule has 0 radical (unpaired) electrons. The molecule has 76 valence electrons. The zero-order valence-electron chi connectivity index (χ0n) is 9.56. The molecule has 0 amide bonds. The predicted octanol–water partition coefficient (Wildman–Crippen LogP) is 1.11. The van der Waals surface area contributed by atoms with Gasteiger partial charge in [-0.2, -0.15) is 0 Å². The first kappa shape index (κ1) is 7.82. The van der Waals surface area contributed by atoms with Gasteiger partial charge in [0.25, 0.3) is 0 Å². The number of phenolic OH excluding ortho intramolecular Hbond substituents is 2. The van der Waals surface area contributed by atoms with Crippen molar-refractivity contribution in [1.29, 1.82) is 0 Å². The number of aromatic hydroxyl groups is 2. The van der Waals surface area contributed by atoms with Crippen LogP contribution in [0, 0.1) is 0 Å². The number of hydrogen-bond donors (Lipinski definition) is 3. The maximum Gasteiger partial charge on any atom is 0.157 e. The van der Waals surface area contributed by atoms with E-state index in [0.717, 1.165) is 19.1 Å². The van der Waals surface area contributed by atoms with Crippen molar-refractivity contribution in [3.63, 3.8) is 0 Å². The summed E-state index contributed by atoms with van der Waals surface area (Å²) in [5.74, 6) is -1.58. The highest BCUT2D eigenvalue weighted by Gasteiger charge is 2.11. The van der Waals surface area contributed by atoms with Gasteiger partial charge in [0.1, 0.15) is 5.78 Å². The Morgan fingerprint density at radius 3 is 2.71 bits per heavy atom. The Balaban J connectivity index is 3.16. The van der Waals surface area contributed by atoms with Crippen LogP contribution in [0.4, 0.5) is 0 Å². The molecule has 0 saturated heterocycles. The lowest BCUT2D eigenvalue weighted by Gasteiger charge is -2.09. The van der Waals surface area contributed by atoms with Gasteiger partial charge in [-0.05, 0) is 24.6 Å². The summed E-state index contributed by atoms with van der Waals surface area (Å²) in [6.07, 6.45) is -4.12. The Morgan fingerprint density at radius 2 is 2.21 bits per heavy atom. The normalized spacial score (nSPS) is 19.0. The van der Waals surface area contributed by atoms with Crippen LogP contribution in [0.25, 0.3) is 0 Å². The number of rotatable bonds is 3. The van der Waals surface area contributed by atoms with E-state index in [1.54, 1.807) is 0 Å². The molecule has 0 unspecified atom stereocenters. The molecule has 0 spiro atoms. The van der Waals surface area contributed by atoms with Crippen LogP contribution in [0.5, 0.6) is 11.5 Å². The lowest BCUT2D eigenvalue weighted by Crippen LogP contribution is -2.02. The second-order valence-electron chi connectivity index (χ2n) is 2.84. The fourth-order valence-electron chi connectivity index (χ4n) is 0.959. The number of aliphatic hydroxyl groups is 1. The van der Waals surface area contributed by atoms with Gasteiger partial charge in [-0.3, -0.25) is 4.79 Å². The standard InChI is InChI=1S/C10H12O4/c1-6(11)4-9(13)7-2-3-8(12)10(14)5-7/h2-3,5,9,12-14H,4H2,1H3/t9-/m0/s1/i4D,9D/t4-,9-. The van der Waals surface area contributed by atoms with Gasteiger partial charge < -0.3 is 15.3 Å². The topological polar surface area (TPSA) is 77.8 Å². The first-order chi connectivity index (χ1) is 7.26. The summed E-state index contributed by atoms with van der Waals surface area (Å²) in [6.45, 7) is 1.09. The fraction of sp³-hybridized carbons (Fsp3) is 0.300. The number of Topliss-reactive ketones (excluding diaryl/α,β-unsaturated/α-hetero) is 1. The molecule has 0 aromatic heterocycles.